The van der Waals surface area contributed by atoms with Gasteiger partial charge in [-0.05, 0) is 44.0 Å². The largest absolute Gasteiger partial charge is 0.289 e. The van der Waals surface area contributed by atoms with Gasteiger partial charge < -0.3 is 0 Å². The number of nitrogens with one attached hydrogen (secondary N) is 1. The van der Waals surface area contributed by atoms with Gasteiger partial charge in [0.15, 0.2) is 0 Å². The fourth-order valence-corrected chi connectivity index (χ4v) is 2.74. The summed E-state index contributed by atoms with van der Waals surface area (Å²) in [4.78, 5) is 6.90. The molecule has 3 heterocycles. The van der Waals surface area contributed by atoms with Gasteiger partial charge >= 0.3 is 0 Å². The first-order valence-corrected chi connectivity index (χ1v) is 6.48. The van der Waals surface area contributed by atoms with Crippen LogP contribution in [0.3, 0.4) is 0 Å². The summed E-state index contributed by atoms with van der Waals surface area (Å²) in [7, 11) is 0. The number of nitrogens with zero attached hydrogens (tertiary/aromatic N) is 3. The molecular formula is C14H18N4. The molecule has 2 aromatic heterocycles. The van der Waals surface area contributed by atoms with E-state index < -0.39 is 0 Å². The molecule has 0 spiro atoms. The van der Waals surface area contributed by atoms with Crippen LogP contribution in [0.2, 0.25) is 0 Å². The van der Waals surface area contributed by atoms with Crippen LogP contribution in [0.25, 0.3) is 0 Å². The highest BCUT2D eigenvalue weighted by Gasteiger charge is 2.28. The van der Waals surface area contributed by atoms with E-state index in [-0.39, 0.29) is 0 Å². The number of aromatic nitrogens is 3. The molecule has 1 saturated heterocycles. The minimum atomic E-state index is 0.467. The Morgan fingerprint density at radius 2 is 2.39 bits per heavy atom. The van der Waals surface area contributed by atoms with Crippen LogP contribution < -0.4 is 0 Å². The summed E-state index contributed by atoms with van der Waals surface area (Å²) in [5, 5.41) is 7.29. The minimum absolute atomic E-state index is 0.467. The lowest BCUT2D eigenvalue weighted by Gasteiger charge is -2.23. The number of likely N-dealkylation sites (tertiary alicyclic amines) is 1. The fraction of sp³-hybridized carbons (Fsp3) is 0.429. The van der Waals surface area contributed by atoms with Gasteiger partial charge in [-0.3, -0.25) is 15.0 Å². The fourth-order valence-electron chi connectivity index (χ4n) is 2.74. The quantitative estimate of drug-likeness (QED) is 0.899. The number of hydrogen-bond donors (Lipinski definition) is 1. The van der Waals surface area contributed by atoms with Gasteiger partial charge in [-0.1, -0.05) is 6.07 Å². The molecule has 1 aliphatic heterocycles. The van der Waals surface area contributed by atoms with Gasteiger partial charge in [-0.25, -0.2) is 0 Å². The first-order valence-electron chi connectivity index (χ1n) is 6.48. The van der Waals surface area contributed by atoms with Gasteiger partial charge in [0.1, 0.15) is 0 Å². The van der Waals surface area contributed by atoms with E-state index in [1.165, 1.54) is 24.1 Å². The molecule has 2 aromatic rings. The zero-order valence-electron chi connectivity index (χ0n) is 10.6. The second kappa shape index (κ2) is 4.90. The maximum atomic E-state index is 4.41. The van der Waals surface area contributed by atoms with Crippen molar-refractivity contribution in [2.45, 2.75) is 32.4 Å². The molecule has 1 fully saturated rings. The summed E-state index contributed by atoms with van der Waals surface area (Å²) in [6.45, 7) is 4.18. The molecule has 94 valence electrons. The molecule has 1 atom stereocenters. The third-order valence-corrected chi connectivity index (χ3v) is 3.66. The Hall–Kier alpha value is -1.68. The minimum Gasteiger partial charge on any atom is -0.289 e. The molecule has 3 rings (SSSR count). The van der Waals surface area contributed by atoms with Crippen molar-refractivity contribution in [2.75, 3.05) is 6.54 Å². The van der Waals surface area contributed by atoms with Crippen molar-refractivity contribution in [1.29, 1.82) is 0 Å². The number of rotatable bonds is 3. The zero-order valence-corrected chi connectivity index (χ0v) is 10.6. The highest BCUT2D eigenvalue weighted by Crippen LogP contribution is 2.33. The van der Waals surface area contributed by atoms with Crippen molar-refractivity contribution in [3.05, 3.63) is 47.5 Å². The lowest BCUT2D eigenvalue weighted by atomic mass is 10.1. The van der Waals surface area contributed by atoms with Crippen LogP contribution >= 0.6 is 0 Å². The highest BCUT2D eigenvalue weighted by molar-refractivity contribution is 5.19. The van der Waals surface area contributed by atoms with Crippen LogP contribution in [0.4, 0.5) is 0 Å². The summed E-state index contributed by atoms with van der Waals surface area (Å²) in [6.07, 6.45) is 6.22. The van der Waals surface area contributed by atoms with Crippen LogP contribution in [0.5, 0.6) is 0 Å². The maximum Gasteiger partial charge on any atom is 0.0553 e. The average Bonchev–Trinajstić information content (AvgIpc) is 2.99. The van der Waals surface area contributed by atoms with E-state index in [2.05, 4.69) is 39.1 Å². The Kier molecular flexibility index (Phi) is 3.11. The van der Waals surface area contributed by atoms with Crippen molar-refractivity contribution in [3.8, 4) is 0 Å². The summed E-state index contributed by atoms with van der Waals surface area (Å²) in [6, 6.07) is 6.57. The van der Waals surface area contributed by atoms with Crippen molar-refractivity contribution in [2.24, 2.45) is 0 Å². The van der Waals surface area contributed by atoms with E-state index in [1.54, 1.807) is 0 Å². The summed E-state index contributed by atoms with van der Waals surface area (Å²) in [5.74, 6) is 0. The predicted octanol–water partition coefficient (Wildman–Crippen LogP) is 2.45. The van der Waals surface area contributed by atoms with E-state index in [9.17, 15) is 0 Å². The van der Waals surface area contributed by atoms with Crippen LogP contribution in [0.15, 0.2) is 30.6 Å². The van der Waals surface area contributed by atoms with E-state index >= 15 is 0 Å². The Balaban J connectivity index is 1.78. The lowest BCUT2D eigenvalue weighted by Crippen LogP contribution is -2.24. The Bertz CT molecular complexity index is 506. The first-order chi connectivity index (χ1) is 8.84. The molecule has 0 amide bonds. The standard InChI is InChI=1S/C14H18N4/c1-11-9-16-17-14(11)13-6-4-8-18(13)10-12-5-2-3-7-15-12/h2-3,5,7,9,13H,4,6,8,10H2,1H3,(H,16,17)/t13-/m1/s1. The molecule has 0 bridgehead atoms. The molecule has 4 heteroatoms. The summed E-state index contributed by atoms with van der Waals surface area (Å²) in [5.41, 5.74) is 3.66. The van der Waals surface area contributed by atoms with Crippen LogP contribution in [-0.2, 0) is 6.54 Å². The van der Waals surface area contributed by atoms with Gasteiger partial charge in [0.25, 0.3) is 0 Å². The Morgan fingerprint density at radius 3 is 3.11 bits per heavy atom. The zero-order chi connectivity index (χ0) is 12.4. The van der Waals surface area contributed by atoms with Crippen molar-refractivity contribution >= 4 is 0 Å². The number of H-pyrrole nitrogens is 1. The second-order valence-electron chi connectivity index (χ2n) is 4.92. The number of aromatic amines is 1. The SMILES string of the molecule is Cc1cn[nH]c1[C@H]1CCCN1Cc1ccccn1. The van der Waals surface area contributed by atoms with Gasteiger partial charge in [-0.2, -0.15) is 5.10 Å². The molecular weight excluding hydrogens is 224 g/mol. The molecule has 1 N–H and O–H groups in total. The summed E-state index contributed by atoms with van der Waals surface area (Å²) < 4.78 is 0. The average molecular weight is 242 g/mol. The van der Waals surface area contributed by atoms with E-state index in [4.69, 9.17) is 0 Å². The smallest absolute Gasteiger partial charge is 0.0553 e. The van der Waals surface area contributed by atoms with E-state index in [0.29, 0.717) is 6.04 Å². The van der Waals surface area contributed by atoms with Gasteiger partial charge in [-0.15, -0.1) is 0 Å². The van der Waals surface area contributed by atoms with Gasteiger partial charge in [0, 0.05) is 12.7 Å². The Labute approximate surface area is 107 Å². The molecule has 0 aliphatic carbocycles. The maximum absolute atomic E-state index is 4.41. The number of aryl methyl sites for hydroxylation is 1. The van der Waals surface area contributed by atoms with Crippen molar-refractivity contribution in [1.82, 2.24) is 20.1 Å². The topological polar surface area (TPSA) is 44.8 Å². The molecule has 0 unspecified atom stereocenters. The van der Waals surface area contributed by atoms with Gasteiger partial charge in [0.2, 0.25) is 0 Å². The molecule has 18 heavy (non-hydrogen) atoms. The van der Waals surface area contributed by atoms with Crippen molar-refractivity contribution < 1.29 is 0 Å². The highest BCUT2D eigenvalue weighted by atomic mass is 15.2. The second-order valence-corrected chi connectivity index (χ2v) is 4.92. The monoisotopic (exact) mass is 242 g/mol. The normalized spacial score (nSPS) is 20.4. The molecule has 0 aromatic carbocycles. The van der Waals surface area contributed by atoms with E-state index in [0.717, 1.165) is 18.8 Å². The third-order valence-electron chi connectivity index (χ3n) is 3.66. The molecule has 4 nitrogen and oxygen atoms in total. The third kappa shape index (κ3) is 2.16. The number of hydrogen-bond acceptors (Lipinski definition) is 3. The summed E-state index contributed by atoms with van der Waals surface area (Å²) >= 11 is 0. The van der Waals surface area contributed by atoms with Crippen molar-refractivity contribution in [3.63, 3.8) is 0 Å². The lowest BCUT2D eigenvalue weighted by molar-refractivity contribution is 0.241. The van der Waals surface area contributed by atoms with Crippen LogP contribution in [0.1, 0.15) is 35.8 Å². The van der Waals surface area contributed by atoms with Crippen LogP contribution in [0, 0.1) is 6.92 Å². The van der Waals surface area contributed by atoms with Crippen LogP contribution in [-0.4, -0.2) is 26.6 Å². The Morgan fingerprint density at radius 1 is 1.44 bits per heavy atom. The molecule has 0 radical (unpaired) electrons. The van der Waals surface area contributed by atoms with Gasteiger partial charge in [0.05, 0.1) is 23.6 Å². The molecule has 0 saturated carbocycles. The molecule has 1 aliphatic rings. The predicted molar refractivity (Wildman–Crippen MR) is 69.9 cm³/mol. The van der Waals surface area contributed by atoms with E-state index in [1.807, 2.05) is 18.5 Å². The number of pyridine rings is 1. The first kappa shape index (κ1) is 11.4.